The van der Waals surface area contributed by atoms with Crippen LogP contribution in [0.25, 0.3) is 22.6 Å². The van der Waals surface area contributed by atoms with Crippen molar-refractivity contribution in [3.63, 3.8) is 0 Å². The van der Waals surface area contributed by atoms with E-state index in [0.717, 1.165) is 34.2 Å². The van der Waals surface area contributed by atoms with E-state index in [0.29, 0.717) is 28.2 Å². The Morgan fingerprint density at radius 1 is 1.00 bits per heavy atom. The smallest absolute Gasteiger partial charge is 0.339 e. The van der Waals surface area contributed by atoms with Crippen molar-refractivity contribution in [2.45, 2.75) is 33.6 Å². The molecular formula is C33H31ClN2O3. The Morgan fingerprint density at radius 3 is 2.49 bits per heavy atom. The van der Waals surface area contributed by atoms with Crippen LogP contribution in [0.15, 0.2) is 78.9 Å². The van der Waals surface area contributed by atoms with Crippen LogP contribution in [0.4, 0.5) is 5.69 Å². The summed E-state index contributed by atoms with van der Waals surface area (Å²) in [6.07, 6.45) is 3.62. The number of para-hydroxylation sites is 2. The summed E-state index contributed by atoms with van der Waals surface area (Å²) in [5, 5.41) is 4.15. The Balaban J connectivity index is 1.56. The predicted octanol–water partition coefficient (Wildman–Crippen LogP) is 7.83. The number of pyridine rings is 1. The van der Waals surface area contributed by atoms with Crippen molar-refractivity contribution in [2.75, 3.05) is 11.9 Å². The van der Waals surface area contributed by atoms with E-state index >= 15 is 0 Å². The number of benzene rings is 3. The molecule has 6 heteroatoms. The number of anilines is 1. The lowest BCUT2D eigenvalue weighted by atomic mass is 9.69. The normalized spacial score (nSPS) is 16.1. The van der Waals surface area contributed by atoms with Gasteiger partial charge in [-0.3, -0.25) is 4.79 Å². The summed E-state index contributed by atoms with van der Waals surface area (Å²) >= 11 is 6.28. The summed E-state index contributed by atoms with van der Waals surface area (Å²) in [4.78, 5) is 31.3. The van der Waals surface area contributed by atoms with Crippen LogP contribution in [0.1, 0.15) is 54.4 Å². The number of esters is 1. The van der Waals surface area contributed by atoms with Crippen LogP contribution >= 0.6 is 11.6 Å². The van der Waals surface area contributed by atoms with Crippen LogP contribution in [0.5, 0.6) is 0 Å². The Hall–Kier alpha value is -3.96. The van der Waals surface area contributed by atoms with Crippen molar-refractivity contribution in [3.8, 4) is 0 Å². The fourth-order valence-corrected chi connectivity index (χ4v) is 5.29. The molecular weight excluding hydrogens is 508 g/mol. The molecule has 5 nitrogen and oxygen atoms in total. The summed E-state index contributed by atoms with van der Waals surface area (Å²) < 4.78 is 5.61. The molecule has 1 atom stereocenters. The molecule has 1 aliphatic carbocycles. The second-order valence-corrected chi connectivity index (χ2v) is 11.5. The second kappa shape index (κ2) is 11.0. The molecule has 3 aromatic carbocycles. The van der Waals surface area contributed by atoms with Gasteiger partial charge in [0.2, 0.25) is 0 Å². The number of carbonyl (C=O) groups is 2. The molecule has 39 heavy (non-hydrogen) atoms. The Morgan fingerprint density at radius 2 is 1.74 bits per heavy atom. The zero-order valence-electron chi connectivity index (χ0n) is 22.3. The largest absolute Gasteiger partial charge is 0.452 e. The van der Waals surface area contributed by atoms with Crippen molar-refractivity contribution in [3.05, 3.63) is 106 Å². The van der Waals surface area contributed by atoms with Gasteiger partial charge in [0.1, 0.15) is 0 Å². The van der Waals surface area contributed by atoms with Gasteiger partial charge in [0, 0.05) is 16.1 Å². The first kappa shape index (κ1) is 26.6. The zero-order chi connectivity index (χ0) is 27.6. The van der Waals surface area contributed by atoms with Gasteiger partial charge in [-0.2, -0.15) is 0 Å². The number of fused-ring (bicyclic) bond motifs is 2. The average molecular weight is 539 g/mol. The number of rotatable bonds is 5. The number of nitrogens with one attached hydrogen (secondary N) is 1. The van der Waals surface area contributed by atoms with Gasteiger partial charge < -0.3 is 10.1 Å². The molecule has 0 saturated carbocycles. The Bertz CT molecular complexity index is 1570. The van der Waals surface area contributed by atoms with Gasteiger partial charge in [-0.25, -0.2) is 9.78 Å². The van der Waals surface area contributed by atoms with Crippen molar-refractivity contribution >= 4 is 51.7 Å². The maximum Gasteiger partial charge on any atom is 0.339 e. The topological polar surface area (TPSA) is 68.3 Å². The summed E-state index contributed by atoms with van der Waals surface area (Å²) in [5.74, 6) is -0.646. The van der Waals surface area contributed by atoms with Gasteiger partial charge >= 0.3 is 5.97 Å². The van der Waals surface area contributed by atoms with Gasteiger partial charge in [0.25, 0.3) is 5.91 Å². The van der Waals surface area contributed by atoms with E-state index in [-0.39, 0.29) is 17.9 Å². The van der Waals surface area contributed by atoms with E-state index in [1.807, 2.05) is 66.7 Å². The molecule has 1 amide bonds. The summed E-state index contributed by atoms with van der Waals surface area (Å²) in [6, 6.07) is 24.4. The van der Waals surface area contributed by atoms with Crippen LogP contribution < -0.4 is 5.32 Å². The van der Waals surface area contributed by atoms with Crippen LogP contribution in [-0.2, 0) is 16.0 Å². The number of allylic oxidation sites excluding steroid dienone is 1. The highest BCUT2D eigenvalue weighted by Gasteiger charge is 2.35. The molecule has 1 aliphatic rings. The molecule has 1 aromatic heterocycles. The first-order valence-corrected chi connectivity index (χ1v) is 13.5. The van der Waals surface area contributed by atoms with Gasteiger partial charge in [0.05, 0.1) is 16.8 Å². The monoisotopic (exact) mass is 538 g/mol. The molecule has 1 heterocycles. The van der Waals surface area contributed by atoms with E-state index in [4.69, 9.17) is 21.3 Å². The standard InChI is InChI=1S/C33H31ClN2O3/c1-33(2,3)23-18-22(16-21-10-9-11-24(34)17-21)31-27(19-23)30(26-14-7-8-15-28(26)36-31)32(38)39-20-29(37)35-25-12-5-4-6-13-25/h4-17,23H,18-20H2,1-3H3,(H,35,37)/b22-16-/t23-/m0/s1. The molecule has 0 fully saturated rings. The number of amides is 1. The Labute approximate surface area is 233 Å². The van der Waals surface area contributed by atoms with Gasteiger partial charge in [-0.15, -0.1) is 0 Å². The van der Waals surface area contributed by atoms with Gasteiger partial charge in [-0.05, 0) is 77.3 Å². The Kier molecular flexibility index (Phi) is 7.53. The SMILES string of the molecule is CC(C)(C)[C@H]1C/C(=C/c2cccc(Cl)c2)c2nc3ccccc3c(C(=O)OCC(=O)Nc3ccccc3)c2C1. The highest BCUT2D eigenvalue weighted by atomic mass is 35.5. The highest BCUT2D eigenvalue weighted by molar-refractivity contribution is 6.30. The lowest BCUT2D eigenvalue weighted by Crippen LogP contribution is -2.29. The third-order valence-corrected chi connectivity index (χ3v) is 7.46. The van der Waals surface area contributed by atoms with Gasteiger partial charge in [-0.1, -0.05) is 80.9 Å². The summed E-state index contributed by atoms with van der Waals surface area (Å²) in [6.45, 7) is 6.28. The maximum atomic E-state index is 13.7. The first-order chi connectivity index (χ1) is 18.7. The van der Waals surface area contributed by atoms with Crippen molar-refractivity contribution in [1.29, 1.82) is 0 Å². The van der Waals surface area contributed by atoms with E-state index < -0.39 is 11.9 Å². The predicted molar refractivity (Wildman–Crippen MR) is 158 cm³/mol. The number of hydrogen-bond donors (Lipinski definition) is 1. The molecule has 0 radical (unpaired) electrons. The molecule has 0 unspecified atom stereocenters. The molecule has 1 N–H and O–H groups in total. The summed E-state index contributed by atoms with van der Waals surface area (Å²) in [5.41, 5.74) is 5.53. The molecule has 198 valence electrons. The lowest BCUT2D eigenvalue weighted by molar-refractivity contribution is -0.119. The minimum atomic E-state index is -0.523. The van der Waals surface area contributed by atoms with E-state index in [9.17, 15) is 9.59 Å². The third kappa shape index (κ3) is 6.04. The molecule has 4 aromatic rings. The quantitative estimate of drug-likeness (QED) is 0.263. The van der Waals surface area contributed by atoms with Crippen LogP contribution in [0.3, 0.4) is 0 Å². The van der Waals surface area contributed by atoms with Gasteiger partial charge in [0.15, 0.2) is 6.61 Å². The highest BCUT2D eigenvalue weighted by Crippen LogP contribution is 2.45. The third-order valence-electron chi connectivity index (χ3n) is 7.22. The fraction of sp³-hybridized carbons (Fsp3) is 0.242. The average Bonchev–Trinajstić information content (AvgIpc) is 2.90. The number of carbonyl (C=O) groups excluding carboxylic acids is 2. The van der Waals surface area contributed by atoms with Crippen LogP contribution in [-0.4, -0.2) is 23.5 Å². The lowest BCUT2D eigenvalue weighted by Gasteiger charge is -2.36. The minimum absolute atomic E-state index is 0.00645. The van der Waals surface area contributed by atoms with Crippen LogP contribution in [0, 0.1) is 11.3 Å². The number of ether oxygens (including phenoxy) is 1. The zero-order valence-corrected chi connectivity index (χ0v) is 23.1. The molecule has 5 rings (SSSR count). The fourth-order valence-electron chi connectivity index (χ4n) is 5.09. The van der Waals surface area contributed by atoms with Crippen molar-refractivity contribution in [1.82, 2.24) is 4.98 Å². The van der Waals surface area contributed by atoms with E-state index in [1.165, 1.54) is 0 Å². The molecule has 0 aliphatic heterocycles. The van der Waals surface area contributed by atoms with E-state index in [1.54, 1.807) is 12.1 Å². The number of aromatic nitrogens is 1. The van der Waals surface area contributed by atoms with E-state index in [2.05, 4.69) is 32.2 Å². The number of nitrogens with zero attached hydrogens (tertiary/aromatic N) is 1. The summed E-state index contributed by atoms with van der Waals surface area (Å²) in [7, 11) is 0. The first-order valence-electron chi connectivity index (χ1n) is 13.1. The van der Waals surface area contributed by atoms with Crippen molar-refractivity contribution < 1.29 is 14.3 Å². The minimum Gasteiger partial charge on any atom is -0.452 e. The number of hydrogen-bond acceptors (Lipinski definition) is 4. The molecule has 0 saturated heterocycles. The number of halogens is 1. The maximum absolute atomic E-state index is 13.7. The molecule has 0 spiro atoms. The second-order valence-electron chi connectivity index (χ2n) is 11.0. The molecule has 0 bridgehead atoms. The van der Waals surface area contributed by atoms with Crippen LogP contribution in [0.2, 0.25) is 5.02 Å². The van der Waals surface area contributed by atoms with Crippen molar-refractivity contribution in [2.24, 2.45) is 11.3 Å².